The van der Waals surface area contributed by atoms with Gasteiger partial charge in [0.2, 0.25) is 0 Å². The SMILES string of the molecule is CC1(C)OC(=O)C2(Cc3ccccc3N3CC[C@H](Cc4ccccc4)C[C@H]32)C(=O)O1. The van der Waals surface area contributed by atoms with Crippen LogP contribution in [0, 0.1) is 11.3 Å². The molecule has 0 saturated carbocycles. The number of rotatable bonds is 2. The first-order valence-electron chi connectivity index (χ1n) is 10.7. The number of esters is 2. The summed E-state index contributed by atoms with van der Waals surface area (Å²) in [5.41, 5.74) is 2.11. The molecule has 0 unspecified atom stereocenters. The molecule has 3 heterocycles. The van der Waals surface area contributed by atoms with Crippen molar-refractivity contribution in [2.24, 2.45) is 11.3 Å². The van der Waals surface area contributed by atoms with Crippen LogP contribution in [0.1, 0.15) is 37.8 Å². The van der Waals surface area contributed by atoms with Gasteiger partial charge in [-0.25, -0.2) is 0 Å². The quantitative estimate of drug-likeness (QED) is 0.560. The number of piperidine rings is 1. The van der Waals surface area contributed by atoms with Gasteiger partial charge in [-0.3, -0.25) is 9.59 Å². The predicted molar refractivity (Wildman–Crippen MR) is 113 cm³/mol. The summed E-state index contributed by atoms with van der Waals surface area (Å²) in [7, 11) is 0. The molecule has 3 aliphatic heterocycles. The smallest absolute Gasteiger partial charge is 0.329 e. The van der Waals surface area contributed by atoms with E-state index < -0.39 is 23.1 Å². The Kier molecular flexibility index (Phi) is 4.38. The number of cyclic esters (lactones) is 2. The van der Waals surface area contributed by atoms with Crippen molar-refractivity contribution in [3.8, 4) is 0 Å². The van der Waals surface area contributed by atoms with Gasteiger partial charge in [-0.05, 0) is 42.4 Å². The maximum Gasteiger partial charge on any atom is 0.329 e. The summed E-state index contributed by atoms with van der Waals surface area (Å²) in [5, 5.41) is 0. The Morgan fingerprint density at radius 3 is 2.37 bits per heavy atom. The highest BCUT2D eigenvalue weighted by atomic mass is 16.7. The highest BCUT2D eigenvalue weighted by Gasteiger charge is 2.64. The minimum absolute atomic E-state index is 0.258. The van der Waals surface area contributed by atoms with E-state index in [-0.39, 0.29) is 6.04 Å². The zero-order chi connectivity index (χ0) is 20.9. The second-order valence-electron chi connectivity index (χ2n) is 9.25. The van der Waals surface area contributed by atoms with Crippen LogP contribution in [0.2, 0.25) is 0 Å². The molecule has 5 nitrogen and oxygen atoms in total. The molecular formula is C25H27NO4. The number of para-hydroxylation sites is 1. The lowest BCUT2D eigenvalue weighted by Gasteiger charge is -2.54. The number of nitrogens with zero attached hydrogens (tertiary/aromatic N) is 1. The van der Waals surface area contributed by atoms with Crippen LogP contribution in [-0.2, 0) is 31.9 Å². The van der Waals surface area contributed by atoms with Crippen molar-refractivity contribution in [1.82, 2.24) is 0 Å². The number of anilines is 1. The number of hydrogen-bond acceptors (Lipinski definition) is 5. The first kappa shape index (κ1) is 19.2. The van der Waals surface area contributed by atoms with Crippen LogP contribution in [0.3, 0.4) is 0 Å². The maximum atomic E-state index is 13.4. The Hall–Kier alpha value is -2.82. The van der Waals surface area contributed by atoms with Gasteiger partial charge in [0.15, 0.2) is 5.41 Å². The molecule has 0 aromatic heterocycles. The number of carbonyl (C=O) groups is 2. The summed E-state index contributed by atoms with van der Waals surface area (Å²) in [5.74, 6) is -1.73. The van der Waals surface area contributed by atoms with Crippen LogP contribution in [-0.4, -0.2) is 30.3 Å². The molecule has 0 radical (unpaired) electrons. The molecule has 2 atom stereocenters. The Morgan fingerprint density at radius 1 is 0.967 bits per heavy atom. The highest BCUT2D eigenvalue weighted by Crippen LogP contribution is 2.50. The lowest BCUT2D eigenvalue weighted by atomic mass is 9.65. The number of benzene rings is 2. The van der Waals surface area contributed by atoms with Gasteiger partial charge < -0.3 is 14.4 Å². The molecule has 0 amide bonds. The third-order valence-corrected chi connectivity index (χ3v) is 6.82. The van der Waals surface area contributed by atoms with E-state index in [4.69, 9.17) is 9.47 Å². The number of ether oxygens (including phenoxy) is 2. The van der Waals surface area contributed by atoms with E-state index in [1.807, 2.05) is 24.3 Å². The zero-order valence-electron chi connectivity index (χ0n) is 17.5. The molecular weight excluding hydrogens is 378 g/mol. The van der Waals surface area contributed by atoms with Gasteiger partial charge in [0.1, 0.15) is 0 Å². The van der Waals surface area contributed by atoms with Crippen molar-refractivity contribution in [2.75, 3.05) is 11.4 Å². The molecule has 2 fully saturated rings. The second-order valence-corrected chi connectivity index (χ2v) is 9.25. The van der Waals surface area contributed by atoms with Crippen LogP contribution in [0.15, 0.2) is 54.6 Å². The number of carbonyl (C=O) groups excluding carboxylic acids is 2. The standard InChI is InChI=1S/C25H27NO4/c1-24(2)29-22(27)25(23(28)30-24)16-19-10-6-7-11-20(19)26-13-12-18(15-21(25)26)14-17-8-4-3-5-9-17/h3-11,18,21H,12-16H2,1-2H3/t18-,21+/m1/s1. The molecule has 0 aliphatic carbocycles. The van der Waals surface area contributed by atoms with Crippen molar-refractivity contribution in [3.63, 3.8) is 0 Å². The Bertz CT molecular complexity index is 964. The summed E-state index contributed by atoms with van der Waals surface area (Å²) in [6.45, 7) is 4.04. The lowest BCUT2D eigenvalue weighted by Crippen LogP contribution is -2.67. The van der Waals surface area contributed by atoms with Gasteiger partial charge in [-0.1, -0.05) is 48.5 Å². The Morgan fingerprint density at radius 2 is 1.63 bits per heavy atom. The van der Waals surface area contributed by atoms with Crippen molar-refractivity contribution < 1.29 is 19.1 Å². The normalized spacial score (nSPS) is 26.4. The summed E-state index contributed by atoms with van der Waals surface area (Å²) in [6.07, 6.45) is 3.05. The monoisotopic (exact) mass is 405 g/mol. The van der Waals surface area contributed by atoms with Gasteiger partial charge in [0, 0.05) is 32.5 Å². The fraction of sp³-hybridized carbons (Fsp3) is 0.440. The van der Waals surface area contributed by atoms with E-state index in [1.54, 1.807) is 13.8 Å². The number of fused-ring (bicyclic) bond motifs is 4. The van der Waals surface area contributed by atoms with E-state index in [9.17, 15) is 9.59 Å². The fourth-order valence-electron chi connectivity index (χ4n) is 5.43. The zero-order valence-corrected chi connectivity index (χ0v) is 17.5. The molecule has 3 aliphatic rings. The third kappa shape index (κ3) is 2.99. The van der Waals surface area contributed by atoms with Gasteiger partial charge in [0.05, 0.1) is 6.04 Å². The molecule has 30 heavy (non-hydrogen) atoms. The Balaban J connectivity index is 1.53. The molecule has 5 heteroatoms. The van der Waals surface area contributed by atoms with E-state index in [1.165, 1.54) is 5.56 Å². The van der Waals surface area contributed by atoms with E-state index >= 15 is 0 Å². The first-order chi connectivity index (χ1) is 14.4. The molecule has 2 saturated heterocycles. The molecule has 0 bridgehead atoms. The van der Waals surface area contributed by atoms with Crippen molar-refractivity contribution in [3.05, 3.63) is 65.7 Å². The maximum absolute atomic E-state index is 13.4. The molecule has 5 rings (SSSR count). The minimum atomic E-state index is -1.31. The van der Waals surface area contributed by atoms with E-state index in [0.717, 1.165) is 37.1 Å². The van der Waals surface area contributed by atoms with Crippen LogP contribution in [0.4, 0.5) is 5.69 Å². The molecule has 2 aromatic carbocycles. The van der Waals surface area contributed by atoms with Gasteiger partial charge >= 0.3 is 11.9 Å². The summed E-state index contributed by atoms with van der Waals surface area (Å²) in [6, 6.07) is 18.2. The fourth-order valence-corrected chi connectivity index (χ4v) is 5.43. The van der Waals surface area contributed by atoms with E-state index in [2.05, 4.69) is 35.2 Å². The van der Waals surface area contributed by atoms with Gasteiger partial charge in [0.25, 0.3) is 5.79 Å². The summed E-state index contributed by atoms with van der Waals surface area (Å²) in [4.78, 5) is 29.0. The predicted octanol–water partition coefficient (Wildman–Crippen LogP) is 3.89. The molecule has 156 valence electrons. The summed E-state index contributed by atoms with van der Waals surface area (Å²) < 4.78 is 11.3. The third-order valence-electron chi connectivity index (χ3n) is 6.82. The second kappa shape index (κ2) is 6.86. The van der Waals surface area contributed by atoms with E-state index in [0.29, 0.717) is 12.3 Å². The van der Waals surface area contributed by atoms with Crippen molar-refractivity contribution in [1.29, 1.82) is 0 Å². The minimum Gasteiger partial charge on any atom is -0.422 e. The summed E-state index contributed by atoms with van der Waals surface area (Å²) >= 11 is 0. The van der Waals surface area contributed by atoms with Gasteiger partial charge in [-0.2, -0.15) is 0 Å². The van der Waals surface area contributed by atoms with Gasteiger partial charge in [-0.15, -0.1) is 0 Å². The average molecular weight is 405 g/mol. The average Bonchev–Trinajstić information content (AvgIpc) is 2.72. The Labute approximate surface area is 177 Å². The lowest BCUT2D eigenvalue weighted by molar-refractivity contribution is -0.253. The van der Waals surface area contributed by atoms with Crippen LogP contribution in [0.5, 0.6) is 0 Å². The topological polar surface area (TPSA) is 55.8 Å². The molecule has 1 spiro atoms. The van der Waals surface area contributed by atoms with Crippen molar-refractivity contribution in [2.45, 2.75) is 51.4 Å². The molecule has 0 N–H and O–H groups in total. The van der Waals surface area contributed by atoms with Crippen LogP contribution < -0.4 is 4.90 Å². The van der Waals surface area contributed by atoms with Crippen LogP contribution >= 0.6 is 0 Å². The van der Waals surface area contributed by atoms with Crippen molar-refractivity contribution >= 4 is 17.6 Å². The number of hydrogen-bond donors (Lipinski definition) is 0. The highest BCUT2D eigenvalue weighted by molar-refractivity contribution is 6.04. The first-order valence-corrected chi connectivity index (χ1v) is 10.7. The van der Waals surface area contributed by atoms with Crippen LogP contribution in [0.25, 0.3) is 0 Å². The molecule has 2 aromatic rings. The largest absolute Gasteiger partial charge is 0.422 e.